The molecule has 2 aromatic rings. The van der Waals surface area contributed by atoms with Gasteiger partial charge < -0.3 is 20.7 Å². The maximum Gasteiger partial charge on any atom is 0.314 e. The van der Waals surface area contributed by atoms with Crippen molar-refractivity contribution in [2.45, 2.75) is 12.5 Å². The van der Waals surface area contributed by atoms with Gasteiger partial charge in [0.05, 0.1) is 12.7 Å². The first-order chi connectivity index (χ1) is 11.3. The average molecular weight is 313 g/mol. The molecule has 0 saturated heterocycles. The van der Waals surface area contributed by atoms with Crippen molar-refractivity contribution in [2.24, 2.45) is 0 Å². The van der Waals surface area contributed by atoms with Gasteiger partial charge in [-0.3, -0.25) is 4.98 Å². The minimum atomic E-state index is -0.203. The predicted molar refractivity (Wildman–Crippen MR) is 86.5 cm³/mol. The number of rotatable bonds is 6. The molecule has 3 N–H and O–H groups in total. The molecule has 7 nitrogen and oxygen atoms in total. The number of hydrogen-bond acceptors (Lipinski definition) is 5. The number of aromatic nitrogens is 2. The van der Waals surface area contributed by atoms with Gasteiger partial charge in [0.2, 0.25) is 0 Å². The zero-order valence-electron chi connectivity index (χ0n) is 12.7. The second kappa shape index (κ2) is 7.44. The Morgan fingerprint density at radius 3 is 2.96 bits per heavy atom. The number of fused-ring (bicyclic) bond motifs is 1. The highest BCUT2D eigenvalue weighted by atomic mass is 16.5. The van der Waals surface area contributed by atoms with Gasteiger partial charge in [-0.15, -0.1) is 0 Å². The standard InChI is InChI=1S/C16H19N5O2/c22-16(20-8-7-19-15-11-17-5-6-18-15)21-10-13-9-12-3-1-2-4-14(12)23-13/h1-6,11,13H,7-10H2,(H,18,19)(H2,20,21,22)/t13-/m1/s1. The lowest BCUT2D eigenvalue weighted by Crippen LogP contribution is -2.42. The predicted octanol–water partition coefficient (Wildman–Crippen LogP) is 1.19. The number of hydrogen-bond donors (Lipinski definition) is 3. The molecule has 120 valence electrons. The molecule has 0 aliphatic carbocycles. The van der Waals surface area contributed by atoms with E-state index in [4.69, 9.17) is 4.74 Å². The number of carbonyl (C=O) groups excluding carboxylic acids is 1. The van der Waals surface area contributed by atoms with Gasteiger partial charge in [0.25, 0.3) is 0 Å². The third-order valence-corrected chi connectivity index (χ3v) is 3.48. The number of para-hydroxylation sites is 1. The van der Waals surface area contributed by atoms with Crippen molar-refractivity contribution in [3.8, 4) is 5.75 Å². The molecule has 7 heteroatoms. The molecule has 0 saturated carbocycles. The zero-order valence-corrected chi connectivity index (χ0v) is 12.7. The average Bonchev–Trinajstić information content (AvgIpc) is 3.01. The third-order valence-electron chi connectivity index (χ3n) is 3.48. The summed E-state index contributed by atoms with van der Waals surface area (Å²) in [5.74, 6) is 1.60. The highest BCUT2D eigenvalue weighted by Crippen LogP contribution is 2.27. The van der Waals surface area contributed by atoms with Crippen LogP contribution in [0.15, 0.2) is 42.9 Å². The van der Waals surface area contributed by atoms with E-state index in [-0.39, 0.29) is 12.1 Å². The first-order valence-electron chi connectivity index (χ1n) is 7.57. The molecule has 0 spiro atoms. The Balaban J connectivity index is 1.30. The van der Waals surface area contributed by atoms with Gasteiger partial charge in [-0.05, 0) is 11.6 Å². The Labute approximate surface area is 134 Å². The van der Waals surface area contributed by atoms with E-state index >= 15 is 0 Å². The van der Waals surface area contributed by atoms with Gasteiger partial charge in [-0.25, -0.2) is 9.78 Å². The summed E-state index contributed by atoms with van der Waals surface area (Å²) in [4.78, 5) is 19.8. The Bertz CT molecular complexity index is 625. The van der Waals surface area contributed by atoms with Gasteiger partial charge in [-0.2, -0.15) is 0 Å². The Kier molecular flexibility index (Phi) is 4.88. The molecule has 1 aliphatic rings. The summed E-state index contributed by atoms with van der Waals surface area (Å²) in [6.07, 6.45) is 5.68. The number of urea groups is 1. The van der Waals surface area contributed by atoms with Gasteiger partial charge >= 0.3 is 6.03 Å². The first-order valence-corrected chi connectivity index (χ1v) is 7.57. The van der Waals surface area contributed by atoms with Crippen LogP contribution in [0.3, 0.4) is 0 Å². The van der Waals surface area contributed by atoms with Crippen LogP contribution in [0.5, 0.6) is 5.75 Å². The molecule has 23 heavy (non-hydrogen) atoms. The fraction of sp³-hybridized carbons (Fsp3) is 0.312. The molecule has 2 amide bonds. The lowest BCUT2D eigenvalue weighted by Gasteiger charge is -2.13. The maximum atomic E-state index is 11.8. The minimum absolute atomic E-state index is 0.00383. The van der Waals surface area contributed by atoms with Crippen LogP contribution in [0.4, 0.5) is 10.6 Å². The van der Waals surface area contributed by atoms with Crippen LogP contribution in [0.2, 0.25) is 0 Å². The van der Waals surface area contributed by atoms with E-state index in [1.54, 1.807) is 18.6 Å². The van der Waals surface area contributed by atoms with Crippen LogP contribution in [-0.4, -0.2) is 41.7 Å². The minimum Gasteiger partial charge on any atom is -0.488 e. The lowest BCUT2D eigenvalue weighted by molar-refractivity contribution is 0.214. The van der Waals surface area contributed by atoms with E-state index in [0.717, 1.165) is 12.2 Å². The highest BCUT2D eigenvalue weighted by molar-refractivity contribution is 5.73. The zero-order chi connectivity index (χ0) is 15.9. The number of anilines is 1. The Morgan fingerprint density at radius 1 is 1.22 bits per heavy atom. The van der Waals surface area contributed by atoms with Crippen LogP contribution in [-0.2, 0) is 6.42 Å². The molecule has 3 rings (SSSR count). The van der Waals surface area contributed by atoms with Crippen molar-refractivity contribution in [3.05, 3.63) is 48.4 Å². The monoisotopic (exact) mass is 313 g/mol. The van der Waals surface area contributed by atoms with E-state index in [9.17, 15) is 4.79 Å². The van der Waals surface area contributed by atoms with Crippen LogP contribution in [0.25, 0.3) is 0 Å². The van der Waals surface area contributed by atoms with Crippen LogP contribution in [0.1, 0.15) is 5.56 Å². The number of nitrogens with one attached hydrogen (secondary N) is 3. The van der Waals surface area contributed by atoms with Crippen LogP contribution in [0, 0.1) is 0 Å². The summed E-state index contributed by atoms with van der Waals surface area (Å²) in [5.41, 5.74) is 1.19. The van der Waals surface area contributed by atoms with Crippen LogP contribution < -0.4 is 20.7 Å². The summed E-state index contributed by atoms with van der Waals surface area (Å²) in [5, 5.41) is 8.68. The molecule has 1 aromatic carbocycles. The number of benzene rings is 1. The molecule has 1 aromatic heterocycles. The van der Waals surface area contributed by atoms with E-state index in [0.29, 0.717) is 25.5 Å². The van der Waals surface area contributed by atoms with E-state index in [1.807, 2.05) is 24.3 Å². The largest absolute Gasteiger partial charge is 0.488 e. The van der Waals surface area contributed by atoms with Gasteiger partial charge in [0, 0.05) is 31.9 Å². The quantitative estimate of drug-likeness (QED) is 0.697. The van der Waals surface area contributed by atoms with Crippen molar-refractivity contribution in [3.63, 3.8) is 0 Å². The SMILES string of the molecule is O=C(NCCNc1cnccn1)NC[C@H]1Cc2ccccc2O1. The fourth-order valence-corrected chi connectivity index (χ4v) is 2.39. The lowest BCUT2D eigenvalue weighted by atomic mass is 10.1. The first kappa shape index (κ1) is 15.1. The maximum absolute atomic E-state index is 11.8. The summed E-state index contributed by atoms with van der Waals surface area (Å²) in [6, 6.07) is 7.74. The second-order valence-electron chi connectivity index (χ2n) is 5.21. The van der Waals surface area contributed by atoms with Crippen molar-refractivity contribution in [1.29, 1.82) is 0 Å². The van der Waals surface area contributed by atoms with Crippen molar-refractivity contribution in [2.75, 3.05) is 25.0 Å². The van der Waals surface area contributed by atoms with Crippen molar-refractivity contribution >= 4 is 11.8 Å². The van der Waals surface area contributed by atoms with Gasteiger partial charge in [0.15, 0.2) is 0 Å². The second-order valence-corrected chi connectivity index (χ2v) is 5.21. The van der Waals surface area contributed by atoms with Crippen LogP contribution >= 0.6 is 0 Å². The molecular weight excluding hydrogens is 294 g/mol. The summed E-state index contributed by atoms with van der Waals surface area (Å²) >= 11 is 0. The smallest absolute Gasteiger partial charge is 0.314 e. The number of nitrogens with zero attached hydrogens (tertiary/aromatic N) is 2. The summed E-state index contributed by atoms with van der Waals surface area (Å²) in [6.45, 7) is 1.56. The number of carbonyl (C=O) groups is 1. The molecule has 1 aliphatic heterocycles. The molecule has 2 heterocycles. The topological polar surface area (TPSA) is 88.2 Å². The summed E-state index contributed by atoms with van der Waals surface area (Å²) < 4.78 is 5.77. The van der Waals surface area contributed by atoms with Gasteiger partial charge in [-0.1, -0.05) is 18.2 Å². The van der Waals surface area contributed by atoms with Gasteiger partial charge in [0.1, 0.15) is 17.7 Å². The Morgan fingerprint density at radius 2 is 2.13 bits per heavy atom. The van der Waals surface area contributed by atoms with E-state index in [1.165, 1.54) is 5.56 Å². The summed E-state index contributed by atoms with van der Waals surface area (Å²) in [7, 11) is 0. The molecule has 0 bridgehead atoms. The van der Waals surface area contributed by atoms with Crippen molar-refractivity contribution < 1.29 is 9.53 Å². The number of amides is 2. The highest BCUT2D eigenvalue weighted by Gasteiger charge is 2.22. The van der Waals surface area contributed by atoms with Crippen molar-refractivity contribution in [1.82, 2.24) is 20.6 Å². The molecule has 0 radical (unpaired) electrons. The molecule has 1 atom stereocenters. The fourth-order valence-electron chi connectivity index (χ4n) is 2.39. The molecule has 0 fully saturated rings. The number of ether oxygens (including phenoxy) is 1. The third kappa shape index (κ3) is 4.32. The Hall–Kier alpha value is -2.83. The van der Waals surface area contributed by atoms with E-state index < -0.39 is 0 Å². The molecular formula is C16H19N5O2. The normalized spacial score (nSPS) is 15.4. The molecule has 0 unspecified atom stereocenters. The van der Waals surface area contributed by atoms with E-state index in [2.05, 4.69) is 25.9 Å².